The molecule has 40 heavy (non-hydrogen) atoms. The van der Waals surface area contributed by atoms with Crippen molar-refractivity contribution in [3.63, 3.8) is 0 Å². The second-order valence-electron chi connectivity index (χ2n) is 13.1. The van der Waals surface area contributed by atoms with Crippen molar-refractivity contribution in [1.29, 1.82) is 0 Å². The number of amides is 1. The monoisotopic (exact) mass is 558 g/mol. The van der Waals surface area contributed by atoms with Gasteiger partial charge in [0, 0.05) is 44.4 Å². The van der Waals surface area contributed by atoms with Gasteiger partial charge in [-0.15, -0.1) is 0 Å². The van der Waals surface area contributed by atoms with Crippen molar-refractivity contribution in [2.75, 3.05) is 39.6 Å². The number of likely N-dealkylation sites (N-methyl/N-ethyl adjacent to an activating group) is 1. The summed E-state index contributed by atoms with van der Waals surface area (Å²) in [5.74, 6) is -6.42. The van der Waals surface area contributed by atoms with Crippen molar-refractivity contribution < 1.29 is 34.8 Å². The number of hydrogen-bond donors (Lipinski definition) is 6. The predicted molar refractivity (Wildman–Crippen MR) is 149 cm³/mol. The Morgan fingerprint density at radius 1 is 1.15 bits per heavy atom. The summed E-state index contributed by atoms with van der Waals surface area (Å²) in [5, 5.41) is 49.2. The molecule has 0 aromatic heterocycles. The van der Waals surface area contributed by atoms with E-state index < -0.39 is 64.3 Å². The number of hydrogen-bond acceptors (Lipinski definition) is 10. The van der Waals surface area contributed by atoms with Crippen LogP contribution >= 0.6 is 0 Å². The standard InChI is InChI=1S/C29H42N4O7/c1-28(2,3)12-31-11-14-10-17(32(4)5)15-8-13-9-16-21(33(6)7)24(36)20(27(30)39)26(38)29(16,40)25(37)18(13)23(35)19(15)22(14)34/h10,13,16,18,21,25,31,34,37-38,40H,8-9,11-12H2,1-7H3,(H2,30,39)/t13?,16-,18?,21-,25?,29-/m0/s1. The van der Waals surface area contributed by atoms with E-state index in [-0.39, 0.29) is 23.1 Å². The lowest BCUT2D eigenvalue weighted by molar-refractivity contribution is -0.183. The Hall–Kier alpha value is -2.99. The van der Waals surface area contributed by atoms with E-state index in [1.54, 1.807) is 14.1 Å². The van der Waals surface area contributed by atoms with Crippen LogP contribution in [-0.2, 0) is 22.6 Å². The highest BCUT2D eigenvalue weighted by molar-refractivity contribution is 6.22. The third-order valence-corrected chi connectivity index (χ3v) is 8.67. The SMILES string of the molecule is CN(C)c1cc(CNCC(C)(C)C)c(O)c2c1CC1C[C@H]3[C@H](N(C)C)C(=O)C(C(N)=O)=C(O)[C@@]3(O)C(O)C1C2=O. The van der Waals surface area contributed by atoms with Crippen molar-refractivity contribution in [2.45, 2.75) is 57.9 Å². The van der Waals surface area contributed by atoms with Crippen molar-refractivity contribution in [3.05, 3.63) is 34.1 Å². The number of carbonyl (C=O) groups excluding carboxylic acids is 3. The number of rotatable bonds is 6. The average Bonchev–Trinajstić information content (AvgIpc) is 2.81. The van der Waals surface area contributed by atoms with E-state index in [2.05, 4.69) is 26.1 Å². The molecule has 6 atom stereocenters. The number of phenols is 1. The average molecular weight is 559 g/mol. The fraction of sp³-hybridized carbons (Fsp3) is 0.621. The molecule has 220 valence electrons. The third kappa shape index (κ3) is 4.58. The second-order valence-corrected chi connectivity index (χ2v) is 13.1. The van der Waals surface area contributed by atoms with Gasteiger partial charge in [0.15, 0.2) is 17.2 Å². The zero-order chi connectivity index (χ0) is 30.1. The van der Waals surface area contributed by atoms with E-state index in [4.69, 9.17) is 5.73 Å². The largest absolute Gasteiger partial charge is 0.508 e. The van der Waals surface area contributed by atoms with Crippen LogP contribution in [0.5, 0.6) is 5.75 Å². The Labute approximate surface area is 234 Å². The molecule has 1 saturated carbocycles. The number of fused-ring (bicyclic) bond motifs is 3. The number of aliphatic hydroxyl groups is 3. The lowest BCUT2D eigenvalue weighted by Gasteiger charge is -2.55. The lowest BCUT2D eigenvalue weighted by atomic mass is 9.53. The van der Waals surface area contributed by atoms with Gasteiger partial charge in [-0.25, -0.2) is 0 Å². The highest BCUT2D eigenvalue weighted by Gasteiger charge is 2.66. The van der Waals surface area contributed by atoms with E-state index in [0.29, 0.717) is 30.6 Å². The molecule has 0 heterocycles. The van der Waals surface area contributed by atoms with Gasteiger partial charge in [-0.05, 0) is 49.9 Å². The number of nitrogens with zero attached hydrogens (tertiary/aromatic N) is 2. The molecule has 0 bridgehead atoms. The van der Waals surface area contributed by atoms with Crippen molar-refractivity contribution in [3.8, 4) is 5.75 Å². The van der Waals surface area contributed by atoms with Crippen LogP contribution in [0.1, 0.15) is 48.7 Å². The summed E-state index contributed by atoms with van der Waals surface area (Å²) < 4.78 is 0. The molecule has 7 N–H and O–H groups in total. The van der Waals surface area contributed by atoms with E-state index in [1.807, 2.05) is 25.1 Å². The summed E-state index contributed by atoms with van der Waals surface area (Å²) in [5.41, 5.74) is 4.16. The first-order valence-electron chi connectivity index (χ1n) is 13.6. The third-order valence-electron chi connectivity index (χ3n) is 8.67. The first-order chi connectivity index (χ1) is 18.4. The molecule has 1 aromatic carbocycles. The molecule has 1 amide bonds. The number of phenolic OH excluding ortho intramolecular Hbond substituents is 1. The maximum Gasteiger partial charge on any atom is 0.255 e. The minimum absolute atomic E-state index is 0.000515. The quantitative estimate of drug-likeness (QED) is 0.269. The van der Waals surface area contributed by atoms with E-state index in [0.717, 1.165) is 5.69 Å². The molecule has 0 radical (unpaired) electrons. The van der Waals surface area contributed by atoms with Gasteiger partial charge in [0.05, 0.1) is 17.5 Å². The van der Waals surface area contributed by atoms with Crippen molar-refractivity contribution >= 4 is 23.2 Å². The van der Waals surface area contributed by atoms with E-state index >= 15 is 0 Å². The van der Waals surface area contributed by atoms with E-state index in [1.165, 1.54) is 4.90 Å². The number of carbonyl (C=O) groups is 3. The minimum Gasteiger partial charge on any atom is -0.508 e. The van der Waals surface area contributed by atoms with Crippen LogP contribution in [0, 0.1) is 23.2 Å². The molecule has 0 spiro atoms. The van der Waals surface area contributed by atoms with Crippen molar-refractivity contribution in [2.24, 2.45) is 28.9 Å². The maximum atomic E-state index is 14.1. The number of benzene rings is 1. The van der Waals surface area contributed by atoms with Crippen LogP contribution in [0.3, 0.4) is 0 Å². The number of nitrogens with two attached hydrogens (primary N) is 1. The summed E-state index contributed by atoms with van der Waals surface area (Å²) in [4.78, 5) is 42.9. The predicted octanol–water partition coefficient (Wildman–Crippen LogP) is 0.487. The topological polar surface area (TPSA) is 177 Å². The Morgan fingerprint density at radius 2 is 1.77 bits per heavy atom. The number of Topliss-reactive ketones (excluding diaryl/α,β-unsaturated/α-hetero) is 2. The van der Waals surface area contributed by atoms with Crippen LogP contribution in [0.2, 0.25) is 0 Å². The number of ketones is 2. The van der Waals surface area contributed by atoms with Gasteiger partial charge in [-0.1, -0.05) is 20.8 Å². The summed E-state index contributed by atoms with van der Waals surface area (Å²) in [6.07, 6.45) is -1.45. The van der Waals surface area contributed by atoms with Gasteiger partial charge in [-0.2, -0.15) is 0 Å². The Balaban J connectivity index is 1.85. The smallest absolute Gasteiger partial charge is 0.255 e. The number of nitrogens with one attached hydrogen (secondary N) is 1. The molecule has 3 aliphatic rings. The Kier molecular flexibility index (Phi) is 7.59. The Morgan fingerprint density at radius 3 is 2.30 bits per heavy atom. The van der Waals surface area contributed by atoms with Gasteiger partial charge in [0.1, 0.15) is 23.2 Å². The number of anilines is 1. The summed E-state index contributed by atoms with van der Waals surface area (Å²) >= 11 is 0. The number of aliphatic hydroxyl groups excluding tert-OH is 2. The maximum absolute atomic E-state index is 14.1. The van der Waals surface area contributed by atoms with Crippen LogP contribution in [0.4, 0.5) is 5.69 Å². The highest BCUT2D eigenvalue weighted by atomic mass is 16.4. The molecule has 0 saturated heterocycles. The number of primary amides is 1. The fourth-order valence-electron chi connectivity index (χ4n) is 6.90. The molecular weight excluding hydrogens is 516 g/mol. The molecule has 1 fully saturated rings. The second kappa shape index (κ2) is 10.1. The molecule has 1 aromatic rings. The number of aromatic hydroxyl groups is 1. The zero-order valence-corrected chi connectivity index (χ0v) is 24.3. The molecule has 0 aliphatic heterocycles. The van der Waals surface area contributed by atoms with Gasteiger partial charge < -0.3 is 36.4 Å². The van der Waals surface area contributed by atoms with Gasteiger partial charge in [0.25, 0.3) is 5.91 Å². The van der Waals surface area contributed by atoms with Crippen LogP contribution in [0.15, 0.2) is 17.4 Å². The molecule has 3 unspecified atom stereocenters. The normalized spacial score (nSPS) is 30.2. The fourth-order valence-corrected chi connectivity index (χ4v) is 6.90. The highest BCUT2D eigenvalue weighted by Crippen LogP contribution is 2.54. The van der Waals surface area contributed by atoms with Gasteiger partial charge >= 0.3 is 0 Å². The van der Waals surface area contributed by atoms with Crippen molar-refractivity contribution in [1.82, 2.24) is 10.2 Å². The summed E-state index contributed by atoms with van der Waals surface area (Å²) in [6, 6.07) is 0.793. The molecule has 3 aliphatic carbocycles. The van der Waals surface area contributed by atoms with Gasteiger partial charge in [0.2, 0.25) is 0 Å². The van der Waals surface area contributed by atoms with E-state index in [9.17, 15) is 34.8 Å². The first-order valence-corrected chi connectivity index (χ1v) is 13.6. The minimum atomic E-state index is -2.46. The summed E-state index contributed by atoms with van der Waals surface area (Å²) in [6.45, 7) is 7.23. The van der Waals surface area contributed by atoms with Gasteiger partial charge in [-0.3, -0.25) is 19.3 Å². The van der Waals surface area contributed by atoms with Crippen LogP contribution < -0.4 is 16.0 Å². The summed E-state index contributed by atoms with van der Waals surface area (Å²) in [7, 11) is 6.89. The molecule has 4 rings (SSSR count). The molecule has 11 heteroatoms. The zero-order valence-electron chi connectivity index (χ0n) is 24.3. The molecule has 11 nitrogen and oxygen atoms in total. The first kappa shape index (κ1) is 30.0. The Bertz CT molecular complexity index is 1280. The molecular formula is C29H42N4O7. The van der Waals surface area contributed by atoms with Crippen LogP contribution in [-0.4, -0.2) is 95.3 Å². The lowest BCUT2D eigenvalue weighted by Crippen LogP contribution is -2.69. The van der Waals surface area contributed by atoms with Crippen LogP contribution in [0.25, 0.3) is 0 Å².